The van der Waals surface area contributed by atoms with Crippen molar-refractivity contribution < 1.29 is 10.2 Å². The summed E-state index contributed by atoms with van der Waals surface area (Å²) in [6.45, 7) is 4.03. The van der Waals surface area contributed by atoms with E-state index in [1.165, 1.54) is 0 Å². The normalized spacial score (nSPS) is 11.7. The molecule has 0 aliphatic carbocycles. The minimum Gasteiger partial charge on any atom is -0.499 e. The van der Waals surface area contributed by atoms with E-state index >= 15 is 9.59 Å². The lowest BCUT2D eigenvalue weighted by Gasteiger charge is -2.20. The second kappa shape index (κ2) is 15.6. The van der Waals surface area contributed by atoms with E-state index in [4.69, 9.17) is 0 Å². The van der Waals surface area contributed by atoms with Gasteiger partial charge in [0.15, 0.2) is 21.0 Å². The second-order valence-electron chi connectivity index (χ2n) is 15.7. The minimum absolute atomic E-state index is 0.0702. The smallest absolute Gasteiger partial charge is 0.196 e. The average molecular weight is 889 g/mol. The largest absolute Gasteiger partial charge is 0.499 e. The van der Waals surface area contributed by atoms with Gasteiger partial charge in [0.25, 0.3) is 0 Å². The van der Waals surface area contributed by atoms with Crippen molar-refractivity contribution in [2.75, 3.05) is 0 Å². The summed E-state index contributed by atoms with van der Waals surface area (Å²) in [6, 6.07) is 54.3. The van der Waals surface area contributed by atoms with Gasteiger partial charge in [-0.1, -0.05) is 174 Å². The third-order valence-corrected chi connectivity index (χ3v) is 17.1. The summed E-state index contributed by atoms with van der Waals surface area (Å²) >= 11 is 5.68. The fraction of sp³-hybridized carbons (Fsp3) is 0.0545. The van der Waals surface area contributed by atoms with Crippen LogP contribution in [0.2, 0.25) is 0 Å². The minimum atomic E-state index is -1.06. The lowest BCUT2D eigenvalue weighted by molar-refractivity contribution is 0.473. The molecule has 4 heterocycles. The molecule has 8 heteroatoms. The number of hydrogen-bond acceptors (Lipinski definition) is 8. The molecule has 0 bridgehead atoms. The van der Waals surface area contributed by atoms with Crippen LogP contribution in [-0.4, -0.2) is 10.2 Å². The van der Waals surface area contributed by atoms with Gasteiger partial charge >= 0.3 is 0 Å². The highest BCUT2D eigenvalue weighted by atomic mass is 32.1. The fourth-order valence-corrected chi connectivity index (χ4v) is 14.0. The Hall–Kier alpha value is -6.68. The highest BCUT2D eigenvalue weighted by Gasteiger charge is 2.33. The molecule has 0 amide bonds. The molecule has 0 unspecified atom stereocenters. The Morgan fingerprint density at radius 1 is 0.397 bits per heavy atom. The first-order valence-electron chi connectivity index (χ1n) is 20.6. The molecule has 0 fully saturated rings. The van der Waals surface area contributed by atoms with Crippen LogP contribution in [0.5, 0.6) is 10.1 Å². The van der Waals surface area contributed by atoms with E-state index in [2.05, 4.69) is 48.5 Å². The van der Waals surface area contributed by atoms with Gasteiger partial charge in [0.05, 0.1) is 17.0 Å². The molecular formula is C55H36O4S4. The van der Waals surface area contributed by atoms with E-state index in [-0.39, 0.29) is 32.1 Å². The van der Waals surface area contributed by atoms with Gasteiger partial charge in [-0.15, -0.1) is 22.7 Å². The first kappa shape index (κ1) is 39.2. The molecule has 4 aromatic heterocycles. The maximum atomic E-state index is 15.4. The number of rotatable bonds is 7. The number of aromatic hydroxyl groups is 2. The van der Waals surface area contributed by atoms with Gasteiger partial charge in [-0.25, -0.2) is 0 Å². The summed E-state index contributed by atoms with van der Waals surface area (Å²) < 4.78 is 3.46. The second-order valence-corrected chi connectivity index (χ2v) is 19.8. The van der Waals surface area contributed by atoms with E-state index in [0.29, 0.717) is 25.7 Å². The Balaban J connectivity index is 1.19. The highest BCUT2D eigenvalue weighted by molar-refractivity contribution is 7.25. The number of thiophene rings is 2. The number of fused-ring (bicyclic) bond motifs is 4. The standard InChI is InChI=1S/C55H36O4S4/c1-30-48-37(41(32-18-8-3-9-19-32)52(60-48)35-24-14-6-15-25-35)28-39-46(56)44(54(58)62-50(30)39)43(34-22-12-5-13-23-34)45-47(57)40-29-38-42(33-20-10-4-11-21-33)53(36-26-16-7-17-27-36)61-49(38)31(2)51(40)63-55(45)59/h3-29,43,58-59H,1-2H3. The Morgan fingerprint density at radius 3 is 1.08 bits per heavy atom. The molecule has 0 radical (unpaired) electrons. The average Bonchev–Trinajstić information content (AvgIpc) is 3.91. The van der Waals surface area contributed by atoms with Crippen LogP contribution in [0.25, 0.3) is 83.5 Å². The van der Waals surface area contributed by atoms with E-state index in [1.807, 2.05) is 129 Å². The molecule has 0 aliphatic rings. The molecule has 0 aliphatic heterocycles. The van der Waals surface area contributed by atoms with Crippen molar-refractivity contribution in [2.45, 2.75) is 19.8 Å². The zero-order valence-electron chi connectivity index (χ0n) is 34.0. The molecule has 63 heavy (non-hydrogen) atoms. The molecule has 2 N–H and O–H groups in total. The van der Waals surface area contributed by atoms with Crippen LogP contribution < -0.4 is 10.9 Å². The molecule has 304 valence electrons. The molecule has 7 aromatic carbocycles. The van der Waals surface area contributed by atoms with E-state index < -0.39 is 5.92 Å². The van der Waals surface area contributed by atoms with Crippen molar-refractivity contribution >= 4 is 85.7 Å². The quantitative estimate of drug-likeness (QED) is 0.167. The van der Waals surface area contributed by atoms with Gasteiger partial charge in [-0.2, -0.15) is 0 Å². The van der Waals surface area contributed by atoms with Crippen LogP contribution in [0.15, 0.2) is 173 Å². The number of hydrogen-bond donors (Lipinski definition) is 2. The topological polar surface area (TPSA) is 74.6 Å². The Labute approximate surface area is 378 Å². The van der Waals surface area contributed by atoms with Gasteiger partial charge in [-0.3, -0.25) is 9.59 Å². The van der Waals surface area contributed by atoms with Gasteiger partial charge < -0.3 is 10.2 Å². The van der Waals surface area contributed by atoms with E-state index in [0.717, 1.165) is 97.1 Å². The zero-order valence-corrected chi connectivity index (χ0v) is 37.3. The summed E-state index contributed by atoms with van der Waals surface area (Å²) in [4.78, 5) is 33.0. The summed E-state index contributed by atoms with van der Waals surface area (Å²) in [5.41, 5.74) is 8.15. The predicted molar refractivity (Wildman–Crippen MR) is 269 cm³/mol. The summed E-state index contributed by atoms with van der Waals surface area (Å²) in [7, 11) is 0. The number of aryl methyl sites for hydroxylation is 2. The monoisotopic (exact) mass is 888 g/mol. The zero-order chi connectivity index (χ0) is 42.9. The highest BCUT2D eigenvalue weighted by Crippen LogP contribution is 2.52. The molecule has 0 saturated heterocycles. The molecule has 0 spiro atoms. The van der Waals surface area contributed by atoms with E-state index in [9.17, 15) is 10.2 Å². The lowest BCUT2D eigenvalue weighted by atomic mass is 9.85. The Kier molecular flexibility index (Phi) is 9.70. The summed E-state index contributed by atoms with van der Waals surface area (Å²) in [6.07, 6.45) is 0. The third kappa shape index (κ3) is 6.35. The van der Waals surface area contributed by atoms with Gasteiger partial charge in [0.2, 0.25) is 0 Å². The first-order valence-corrected chi connectivity index (χ1v) is 23.8. The Morgan fingerprint density at radius 2 is 0.714 bits per heavy atom. The van der Waals surface area contributed by atoms with Crippen LogP contribution in [0.1, 0.15) is 33.7 Å². The summed E-state index contributed by atoms with van der Waals surface area (Å²) in [5.74, 6) is -1.06. The van der Waals surface area contributed by atoms with E-state index in [1.54, 1.807) is 22.7 Å². The molecule has 0 saturated carbocycles. The molecule has 11 rings (SSSR count). The van der Waals surface area contributed by atoms with Crippen LogP contribution >= 0.6 is 45.3 Å². The molecular weight excluding hydrogens is 853 g/mol. The van der Waals surface area contributed by atoms with Crippen molar-refractivity contribution in [3.05, 3.63) is 212 Å². The molecule has 11 aromatic rings. The van der Waals surface area contributed by atoms with Crippen molar-refractivity contribution in [1.82, 2.24) is 0 Å². The third-order valence-electron chi connectivity index (χ3n) is 12.1. The van der Waals surface area contributed by atoms with Crippen LogP contribution in [-0.2, 0) is 0 Å². The first-order chi connectivity index (χ1) is 30.8. The van der Waals surface area contributed by atoms with Gasteiger partial charge in [0.1, 0.15) is 0 Å². The predicted octanol–water partition coefficient (Wildman–Crippen LogP) is 15.1. The van der Waals surface area contributed by atoms with Crippen molar-refractivity contribution in [2.24, 2.45) is 0 Å². The maximum Gasteiger partial charge on any atom is 0.196 e. The van der Waals surface area contributed by atoms with Gasteiger partial charge in [0, 0.05) is 61.2 Å². The van der Waals surface area contributed by atoms with Crippen molar-refractivity contribution in [3.63, 3.8) is 0 Å². The Bertz CT molecular complexity index is 3460. The van der Waals surface area contributed by atoms with Gasteiger partial charge in [-0.05, 0) is 64.9 Å². The lowest BCUT2D eigenvalue weighted by Crippen LogP contribution is -2.21. The molecule has 4 nitrogen and oxygen atoms in total. The van der Waals surface area contributed by atoms with Crippen LogP contribution in [0.4, 0.5) is 0 Å². The van der Waals surface area contributed by atoms with Crippen molar-refractivity contribution in [3.8, 4) is 53.3 Å². The SMILES string of the molecule is Cc1c2sc(-c3ccccc3)c(-c3ccccc3)c2cc2c(=O)c(C(c3ccccc3)c3c(O)sc4c(C)c5sc(-c6ccccc6)c(-c6ccccc6)c5cc4c3=O)c(O)sc12. The van der Waals surface area contributed by atoms with Crippen LogP contribution in [0.3, 0.4) is 0 Å². The molecule has 0 atom stereocenters. The van der Waals surface area contributed by atoms with Crippen molar-refractivity contribution in [1.29, 1.82) is 0 Å². The summed E-state index contributed by atoms with van der Waals surface area (Å²) in [5, 5.41) is 26.8. The fourth-order valence-electron chi connectivity index (χ4n) is 9.14. The number of benzene rings is 7. The van der Waals surface area contributed by atoms with Crippen LogP contribution in [0, 0.1) is 13.8 Å². The maximum absolute atomic E-state index is 15.4.